The Labute approximate surface area is 142 Å². The molecule has 0 radical (unpaired) electrons. The van der Waals surface area contributed by atoms with Gasteiger partial charge in [-0.25, -0.2) is 9.97 Å². The lowest BCUT2D eigenvalue weighted by atomic mass is 10.1. The van der Waals surface area contributed by atoms with Crippen LogP contribution in [-0.4, -0.2) is 65.3 Å². The van der Waals surface area contributed by atoms with Gasteiger partial charge in [0.1, 0.15) is 5.82 Å². The molecule has 4 rings (SSSR count). The number of anilines is 1. The second-order valence-electron chi connectivity index (χ2n) is 6.68. The summed E-state index contributed by atoms with van der Waals surface area (Å²) in [6.07, 6.45) is 3.82. The van der Waals surface area contributed by atoms with Gasteiger partial charge >= 0.3 is 0 Å². The molecule has 0 spiro atoms. The number of pyridine rings is 1. The summed E-state index contributed by atoms with van der Waals surface area (Å²) in [6.45, 7) is 7.81. The SMILES string of the molecule is Cc1nc(-c2ccncc2)nc(N2CC3OCCN(C)C3C2)c1C. The highest BCUT2D eigenvalue weighted by atomic mass is 16.5. The first kappa shape index (κ1) is 15.5. The Hall–Kier alpha value is -2.05. The molecule has 0 aromatic carbocycles. The smallest absolute Gasteiger partial charge is 0.161 e. The van der Waals surface area contributed by atoms with Crippen LogP contribution in [0.15, 0.2) is 24.5 Å². The van der Waals surface area contributed by atoms with E-state index in [0.717, 1.165) is 54.7 Å². The Morgan fingerprint density at radius 3 is 2.67 bits per heavy atom. The molecule has 6 nitrogen and oxygen atoms in total. The summed E-state index contributed by atoms with van der Waals surface area (Å²) in [7, 11) is 2.18. The maximum Gasteiger partial charge on any atom is 0.161 e. The molecule has 2 aliphatic heterocycles. The lowest BCUT2D eigenvalue weighted by molar-refractivity contribution is -0.0362. The molecule has 2 saturated heterocycles. The van der Waals surface area contributed by atoms with Gasteiger partial charge < -0.3 is 9.64 Å². The van der Waals surface area contributed by atoms with Crippen molar-refractivity contribution in [2.24, 2.45) is 0 Å². The lowest BCUT2D eigenvalue weighted by Crippen LogP contribution is -2.48. The third kappa shape index (κ3) is 2.65. The number of ether oxygens (including phenoxy) is 1. The molecule has 2 aromatic rings. The molecule has 2 unspecified atom stereocenters. The maximum absolute atomic E-state index is 5.97. The van der Waals surface area contributed by atoms with Gasteiger partial charge in [-0.1, -0.05) is 0 Å². The average molecular weight is 325 g/mol. The molecule has 24 heavy (non-hydrogen) atoms. The Balaban J connectivity index is 1.69. The minimum absolute atomic E-state index is 0.266. The predicted octanol–water partition coefficient (Wildman–Crippen LogP) is 1.67. The summed E-state index contributed by atoms with van der Waals surface area (Å²) in [6, 6.07) is 4.35. The van der Waals surface area contributed by atoms with Gasteiger partial charge in [-0.15, -0.1) is 0 Å². The van der Waals surface area contributed by atoms with Crippen molar-refractivity contribution in [3.8, 4) is 11.4 Å². The third-order valence-electron chi connectivity index (χ3n) is 5.18. The minimum Gasteiger partial charge on any atom is -0.373 e. The monoisotopic (exact) mass is 325 g/mol. The summed E-state index contributed by atoms with van der Waals surface area (Å²) in [5.74, 6) is 1.79. The zero-order chi connectivity index (χ0) is 16.7. The molecule has 2 atom stereocenters. The van der Waals surface area contributed by atoms with E-state index < -0.39 is 0 Å². The Kier molecular flexibility index (Phi) is 3.94. The van der Waals surface area contributed by atoms with Crippen molar-refractivity contribution in [1.82, 2.24) is 19.9 Å². The van der Waals surface area contributed by atoms with Gasteiger partial charge in [-0.3, -0.25) is 9.88 Å². The molecule has 0 amide bonds. The maximum atomic E-state index is 5.97. The van der Waals surface area contributed by atoms with Crippen LogP contribution in [0.3, 0.4) is 0 Å². The van der Waals surface area contributed by atoms with Gasteiger partial charge in [0, 0.05) is 48.8 Å². The zero-order valence-electron chi connectivity index (χ0n) is 14.4. The van der Waals surface area contributed by atoms with Crippen molar-refractivity contribution < 1.29 is 4.74 Å². The normalized spacial score (nSPS) is 24.2. The van der Waals surface area contributed by atoms with Crippen LogP contribution in [0.1, 0.15) is 11.3 Å². The molecular formula is C18H23N5O. The van der Waals surface area contributed by atoms with Crippen LogP contribution in [0.4, 0.5) is 5.82 Å². The van der Waals surface area contributed by atoms with E-state index in [1.54, 1.807) is 12.4 Å². The highest BCUT2D eigenvalue weighted by Gasteiger charge is 2.39. The van der Waals surface area contributed by atoms with Crippen LogP contribution in [0.5, 0.6) is 0 Å². The lowest BCUT2D eigenvalue weighted by Gasteiger charge is -2.33. The minimum atomic E-state index is 0.266. The molecule has 126 valence electrons. The summed E-state index contributed by atoms with van der Waals surface area (Å²) < 4.78 is 5.97. The summed E-state index contributed by atoms with van der Waals surface area (Å²) in [4.78, 5) is 18.4. The third-order valence-corrected chi connectivity index (χ3v) is 5.18. The predicted molar refractivity (Wildman–Crippen MR) is 93.1 cm³/mol. The van der Waals surface area contributed by atoms with E-state index >= 15 is 0 Å². The number of nitrogens with zero attached hydrogens (tertiary/aromatic N) is 5. The van der Waals surface area contributed by atoms with Crippen molar-refractivity contribution in [1.29, 1.82) is 0 Å². The summed E-state index contributed by atoms with van der Waals surface area (Å²) in [5, 5.41) is 0. The van der Waals surface area contributed by atoms with Gasteiger partial charge in [-0.05, 0) is 33.0 Å². The Morgan fingerprint density at radius 2 is 1.92 bits per heavy atom. The molecule has 6 heteroatoms. The molecule has 0 aliphatic carbocycles. The Bertz CT molecular complexity index is 736. The molecule has 2 aromatic heterocycles. The number of likely N-dealkylation sites (N-methyl/N-ethyl adjacent to an activating group) is 1. The topological polar surface area (TPSA) is 54.4 Å². The number of aromatic nitrogens is 3. The van der Waals surface area contributed by atoms with E-state index in [9.17, 15) is 0 Å². The quantitative estimate of drug-likeness (QED) is 0.837. The van der Waals surface area contributed by atoms with Gasteiger partial charge in [0.15, 0.2) is 5.82 Å². The van der Waals surface area contributed by atoms with E-state index in [1.165, 1.54) is 0 Å². The fourth-order valence-corrected chi connectivity index (χ4v) is 3.58. The highest BCUT2D eigenvalue weighted by molar-refractivity contribution is 5.60. The van der Waals surface area contributed by atoms with Crippen LogP contribution in [0.2, 0.25) is 0 Å². The van der Waals surface area contributed by atoms with E-state index in [-0.39, 0.29) is 6.10 Å². The average Bonchev–Trinajstić information content (AvgIpc) is 3.03. The van der Waals surface area contributed by atoms with E-state index in [4.69, 9.17) is 9.72 Å². The molecule has 4 heterocycles. The van der Waals surface area contributed by atoms with Crippen LogP contribution in [-0.2, 0) is 4.74 Å². The van der Waals surface area contributed by atoms with E-state index in [2.05, 4.69) is 40.7 Å². The van der Waals surface area contributed by atoms with Gasteiger partial charge in [-0.2, -0.15) is 0 Å². The van der Waals surface area contributed by atoms with Gasteiger partial charge in [0.2, 0.25) is 0 Å². The fraction of sp³-hybridized carbons (Fsp3) is 0.500. The number of fused-ring (bicyclic) bond motifs is 1. The molecule has 2 fully saturated rings. The van der Waals surface area contributed by atoms with Crippen LogP contribution in [0.25, 0.3) is 11.4 Å². The first-order valence-corrected chi connectivity index (χ1v) is 8.46. The number of morpholine rings is 1. The summed E-state index contributed by atoms with van der Waals surface area (Å²) >= 11 is 0. The fourth-order valence-electron chi connectivity index (χ4n) is 3.58. The molecule has 0 N–H and O–H groups in total. The van der Waals surface area contributed by atoms with Gasteiger partial charge in [0.05, 0.1) is 18.8 Å². The molecule has 2 aliphatic rings. The van der Waals surface area contributed by atoms with Crippen molar-refractivity contribution in [3.63, 3.8) is 0 Å². The molecular weight excluding hydrogens is 302 g/mol. The van der Waals surface area contributed by atoms with Crippen molar-refractivity contribution in [3.05, 3.63) is 35.8 Å². The Morgan fingerprint density at radius 1 is 1.12 bits per heavy atom. The van der Waals surface area contributed by atoms with E-state index in [0.29, 0.717) is 6.04 Å². The number of aryl methyl sites for hydroxylation is 1. The second-order valence-corrected chi connectivity index (χ2v) is 6.68. The van der Waals surface area contributed by atoms with Crippen molar-refractivity contribution in [2.75, 3.05) is 38.2 Å². The van der Waals surface area contributed by atoms with Gasteiger partial charge in [0.25, 0.3) is 0 Å². The summed E-state index contributed by atoms with van der Waals surface area (Å²) in [5.41, 5.74) is 3.17. The number of hydrogen-bond donors (Lipinski definition) is 0. The van der Waals surface area contributed by atoms with Crippen molar-refractivity contribution in [2.45, 2.75) is 26.0 Å². The first-order chi connectivity index (χ1) is 11.6. The van der Waals surface area contributed by atoms with E-state index in [1.807, 2.05) is 12.1 Å². The standard InChI is InChI=1S/C18H23N5O/c1-12-13(2)20-17(14-4-6-19-7-5-14)21-18(12)23-10-15-16(11-23)24-9-8-22(15)3/h4-7,15-16H,8-11H2,1-3H3. The number of hydrogen-bond acceptors (Lipinski definition) is 6. The zero-order valence-corrected chi connectivity index (χ0v) is 14.4. The number of rotatable bonds is 2. The molecule has 0 saturated carbocycles. The van der Waals surface area contributed by atoms with Crippen molar-refractivity contribution >= 4 is 5.82 Å². The second kappa shape index (κ2) is 6.11. The molecule has 0 bridgehead atoms. The van der Waals surface area contributed by atoms with Crippen LogP contribution in [0, 0.1) is 13.8 Å². The largest absolute Gasteiger partial charge is 0.373 e. The van der Waals surface area contributed by atoms with Crippen LogP contribution < -0.4 is 4.90 Å². The highest BCUT2D eigenvalue weighted by Crippen LogP contribution is 2.30. The first-order valence-electron chi connectivity index (χ1n) is 8.46. The van der Waals surface area contributed by atoms with Crippen LogP contribution >= 0.6 is 0 Å².